The number of carbonyl (C=O) groups is 3. The van der Waals surface area contributed by atoms with Gasteiger partial charge in [-0.1, -0.05) is 42.0 Å². The first-order chi connectivity index (χ1) is 13.3. The molecule has 3 amide bonds. The zero-order valence-electron chi connectivity index (χ0n) is 16.5. The molecule has 0 atom stereocenters. The van der Waals surface area contributed by atoms with Crippen molar-refractivity contribution in [1.82, 2.24) is 9.80 Å². The van der Waals surface area contributed by atoms with E-state index >= 15 is 0 Å². The summed E-state index contributed by atoms with van der Waals surface area (Å²) in [6, 6.07) is 13.5. The van der Waals surface area contributed by atoms with E-state index in [1.54, 1.807) is 0 Å². The Morgan fingerprint density at radius 3 is 2.29 bits per heavy atom. The standard InChI is InChI=1S/C22H25N3O3/c1-15-7-9-18(10-8-15)13-24-11-12-25(22(28)21(24)27)14-20(26)23-19-6-4-5-16(2)17(19)3/h4-10H,11-14H2,1-3H3,(H,23,26). The van der Waals surface area contributed by atoms with Gasteiger partial charge in [-0.3, -0.25) is 14.4 Å². The molecule has 0 aliphatic carbocycles. The monoisotopic (exact) mass is 379 g/mol. The molecule has 1 aliphatic rings. The Bertz CT molecular complexity index is 906. The van der Waals surface area contributed by atoms with Crippen LogP contribution in [0.2, 0.25) is 0 Å². The Kier molecular flexibility index (Phi) is 5.78. The van der Waals surface area contributed by atoms with Crippen molar-refractivity contribution in [2.45, 2.75) is 27.3 Å². The summed E-state index contributed by atoms with van der Waals surface area (Å²) in [7, 11) is 0. The molecular weight excluding hydrogens is 354 g/mol. The number of hydrogen-bond donors (Lipinski definition) is 1. The molecule has 0 bridgehead atoms. The van der Waals surface area contributed by atoms with Crippen LogP contribution in [0.4, 0.5) is 5.69 Å². The molecule has 1 saturated heterocycles. The molecule has 0 aromatic heterocycles. The first-order valence-electron chi connectivity index (χ1n) is 9.35. The Morgan fingerprint density at radius 1 is 0.929 bits per heavy atom. The Morgan fingerprint density at radius 2 is 1.57 bits per heavy atom. The quantitative estimate of drug-likeness (QED) is 0.811. The summed E-state index contributed by atoms with van der Waals surface area (Å²) >= 11 is 0. The summed E-state index contributed by atoms with van der Waals surface area (Å²) in [5.74, 6) is -1.50. The number of nitrogens with zero attached hydrogens (tertiary/aromatic N) is 2. The third-order valence-corrected chi connectivity index (χ3v) is 5.10. The molecule has 0 saturated carbocycles. The van der Waals surface area contributed by atoms with Crippen molar-refractivity contribution < 1.29 is 14.4 Å². The van der Waals surface area contributed by atoms with Crippen LogP contribution in [0.3, 0.4) is 0 Å². The van der Waals surface area contributed by atoms with E-state index < -0.39 is 11.8 Å². The van der Waals surface area contributed by atoms with Gasteiger partial charge in [0.1, 0.15) is 6.54 Å². The Hall–Kier alpha value is -3.15. The lowest BCUT2D eigenvalue weighted by atomic mass is 10.1. The summed E-state index contributed by atoms with van der Waals surface area (Å²) in [6.45, 7) is 6.93. The largest absolute Gasteiger partial charge is 0.328 e. The molecule has 1 N–H and O–H groups in total. The van der Waals surface area contributed by atoms with Crippen LogP contribution in [0.5, 0.6) is 0 Å². The lowest BCUT2D eigenvalue weighted by Crippen LogP contribution is -2.55. The van der Waals surface area contributed by atoms with Crippen LogP contribution in [0.15, 0.2) is 42.5 Å². The smallest absolute Gasteiger partial charge is 0.312 e. The van der Waals surface area contributed by atoms with E-state index in [1.807, 2.05) is 63.2 Å². The van der Waals surface area contributed by atoms with Crippen LogP contribution in [0.25, 0.3) is 0 Å². The molecular formula is C22H25N3O3. The van der Waals surface area contributed by atoms with Crippen LogP contribution < -0.4 is 5.32 Å². The van der Waals surface area contributed by atoms with Crippen molar-refractivity contribution in [1.29, 1.82) is 0 Å². The van der Waals surface area contributed by atoms with Crippen LogP contribution in [0, 0.1) is 20.8 Å². The molecule has 6 nitrogen and oxygen atoms in total. The van der Waals surface area contributed by atoms with Gasteiger partial charge in [0, 0.05) is 25.3 Å². The zero-order chi connectivity index (χ0) is 20.3. The fraction of sp³-hybridized carbons (Fsp3) is 0.318. The number of carbonyl (C=O) groups excluding carboxylic acids is 3. The summed E-state index contributed by atoms with van der Waals surface area (Å²) in [4.78, 5) is 40.1. The highest BCUT2D eigenvalue weighted by atomic mass is 16.2. The van der Waals surface area contributed by atoms with E-state index in [4.69, 9.17) is 0 Å². The van der Waals surface area contributed by atoms with Gasteiger partial charge in [0.2, 0.25) is 5.91 Å². The third-order valence-electron chi connectivity index (χ3n) is 5.10. The van der Waals surface area contributed by atoms with E-state index in [9.17, 15) is 14.4 Å². The van der Waals surface area contributed by atoms with Gasteiger partial charge in [0.15, 0.2) is 0 Å². The summed E-state index contributed by atoms with van der Waals surface area (Å²) in [6.07, 6.45) is 0. The molecule has 1 heterocycles. The predicted octanol–water partition coefficient (Wildman–Crippen LogP) is 2.42. The molecule has 2 aromatic rings. The second-order valence-electron chi connectivity index (χ2n) is 7.23. The number of hydrogen-bond acceptors (Lipinski definition) is 3. The van der Waals surface area contributed by atoms with E-state index in [-0.39, 0.29) is 12.5 Å². The minimum Gasteiger partial charge on any atom is -0.328 e. The predicted molar refractivity (Wildman–Crippen MR) is 108 cm³/mol. The minimum absolute atomic E-state index is 0.129. The van der Waals surface area contributed by atoms with Gasteiger partial charge in [-0.25, -0.2) is 0 Å². The van der Waals surface area contributed by atoms with E-state index in [1.165, 1.54) is 9.80 Å². The number of piperazine rings is 1. The zero-order valence-corrected chi connectivity index (χ0v) is 16.5. The average Bonchev–Trinajstić information content (AvgIpc) is 2.67. The summed E-state index contributed by atoms with van der Waals surface area (Å²) in [5, 5.41) is 2.83. The Labute approximate surface area is 165 Å². The van der Waals surface area contributed by atoms with Crippen molar-refractivity contribution in [3.63, 3.8) is 0 Å². The van der Waals surface area contributed by atoms with Crippen LogP contribution >= 0.6 is 0 Å². The fourth-order valence-electron chi connectivity index (χ4n) is 3.18. The van der Waals surface area contributed by atoms with Crippen molar-refractivity contribution >= 4 is 23.4 Å². The number of benzene rings is 2. The van der Waals surface area contributed by atoms with Crippen LogP contribution in [0.1, 0.15) is 22.3 Å². The molecule has 28 heavy (non-hydrogen) atoms. The molecule has 1 aliphatic heterocycles. The Balaban J connectivity index is 1.59. The number of amides is 3. The normalized spacial score (nSPS) is 14.4. The molecule has 0 radical (unpaired) electrons. The first kappa shape index (κ1) is 19.6. The van der Waals surface area contributed by atoms with E-state index in [0.29, 0.717) is 19.6 Å². The van der Waals surface area contributed by atoms with Crippen molar-refractivity contribution in [2.24, 2.45) is 0 Å². The minimum atomic E-state index is -0.630. The summed E-state index contributed by atoms with van der Waals surface area (Å²) < 4.78 is 0. The van der Waals surface area contributed by atoms with Crippen molar-refractivity contribution in [3.05, 3.63) is 64.7 Å². The van der Waals surface area contributed by atoms with Gasteiger partial charge in [0.05, 0.1) is 0 Å². The maximum atomic E-state index is 12.4. The second kappa shape index (κ2) is 8.25. The number of anilines is 1. The lowest BCUT2D eigenvalue weighted by molar-refractivity contribution is -0.157. The third kappa shape index (κ3) is 4.39. The fourth-order valence-corrected chi connectivity index (χ4v) is 3.18. The SMILES string of the molecule is Cc1ccc(CN2CCN(CC(=O)Nc3cccc(C)c3C)C(=O)C2=O)cc1. The first-order valence-corrected chi connectivity index (χ1v) is 9.35. The van der Waals surface area contributed by atoms with Crippen LogP contribution in [-0.4, -0.2) is 47.2 Å². The number of aryl methyl sites for hydroxylation is 2. The van der Waals surface area contributed by atoms with E-state index in [0.717, 1.165) is 27.9 Å². The van der Waals surface area contributed by atoms with Gasteiger partial charge in [0.25, 0.3) is 0 Å². The molecule has 3 rings (SSSR count). The van der Waals surface area contributed by atoms with Crippen molar-refractivity contribution in [3.8, 4) is 0 Å². The molecule has 6 heteroatoms. The molecule has 0 spiro atoms. The average molecular weight is 379 g/mol. The summed E-state index contributed by atoms with van der Waals surface area (Å²) in [5.41, 5.74) is 4.91. The highest BCUT2D eigenvalue weighted by Crippen LogP contribution is 2.18. The maximum absolute atomic E-state index is 12.4. The van der Waals surface area contributed by atoms with E-state index in [2.05, 4.69) is 5.32 Å². The molecule has 146 valence electrons. The van der Waals surface area contributed by atoms with Gasteiger partial charge in [-0.15, -0.1) is 0 Å². The lowest BCUT2D eigenvalue weighted by Gasteiger charge is -2.33. The van der Waals surface area contributed by atoms with Gasteiger partial charge < -0.3 is 15.1 Å². The van der Waals surface area contributed by atoms with Crippen molar-refractivity contribution in [2.75, 3.05) is 25.0 Å². The number of rotatable bonds is 5. The molecule has 0 unspecified atom stereocenters. The number of nitrogens with one attached hydrogen (secondary N) is 1. The van der Waals surface area contributed by atoms with Gasteiger partial charge in [-0.2, -0.15) is 0 Å². The van der Waals surface area contributed by atoms with Gasteiger partial charge >= 0.3 is 11.8 Å². The van der Waals surface area contributed by atoms with Crippen LogP contribution in [-0.2, 0) is 20.9 Å². The molecule has 1 fully saturated rings. The second-order valence-corrected chi connectivity index (χ2v) is 7.23. The topological polar surface area (TPSA) is 69.7 Å². The highest BCUT2D eigenvalue weighted by Gasteiger charge is 2.33. The highest BCUT2D eigenvalue weighted by molar-refractivity contribution is 6.35. The van der Waals surface area contributed by atoms with Gasteiger partial charge in [-0.05, 0) is 43.5 Å². The molecule has 2 aromatic carbocycles. The maximum Gasteiger partial charge on any atom is 0.312 e.